The lowest BCUT2D eigenvalue weighted by atomic mass is 10.1. The Bertz CT molecular complexity index is 332. The number of carbonyl (C=O) groups excluding carboxylic acids is 1. The Morgan fingerprint density at radius 1 is 1.43 bits per heavy atom. The van der Waals surface area contributed by atoms with Crippen LogP contribution in [0.1, 0.15) is 25.5 Å². The fourth-order valence-corrected chi connectivity index (χ4v) is 1.12. The van der Waals surface area contributed by atoms with Crippen LogP contribution in [0.2, 0.25) is 0 Å². The molecule has 0 bridgehead atoms. The van der Waals surface area contributed by atoms with Gasteiger partial charge in [-0.05, 0) is 24.6 Å². The summed E-state index contributed by atoms with van der Waals surface area (Å²) in [6.07, 6.45) is 0. The molecule has 0 aliphatic rings. The highest BCUT2D eigenvalue weighted by molar-refractivity contribution is 5.88. The predicted molar refractivity (Wildman–Crippen MR) is 54.3 cm³/mol. The SMILES string of the molecule is CC(=O)Nc1ccc(C(C)N=N)cc1. The van der Waals surface area contributed by atoms with Gasteiger partial charge in [0.1, 0.15) is 0 Å². The van der Waals surface area contributed by atoms with Crippen molar-refractivity contribution in [2.45, 2.75) is 19.9 Å². The second-order valence-corrected chi connectivity index (χ2v) is 3.11. The van der Waals surface area contributed by atoms with Gasteiger partial charge in [-0.1, -0.05) is 12.1 Å². The van der Waals surface area contributed by atoms with E-state index >= 15 is 0 Å². The molecule has 0 spiro atoms. The molecule has 0 aromatic heterocycles. The molecule has 1 rings (SSSR count). The van der Waals surface area contributed by atoms with E-state index in [0.717, 1.165) is 11.3 Å². The van der Waals surface area contributed by atoms with E-state index in [1.807, 2.05) is 19.1 Å². The van der Waals surface area contributed by atoms with Crippen molar-refractivity contribution in [1.29, 1.82) is 5.53 Å². The summed E-state index contributed by atoms with van der Waals surface area (Å²) in [5.74, 6) is -0.0871. The molecule has 74 valence electrons. The second kappa shape index (κ2) is 4.50. The maximum Gasteiger partial charge on any atom is 0.221 e. The van der Waals surface area contributed by atoms with E-state index < -0.39 is 0 Å². The van der Waals surface area contributed by atoms with Crippen LogP contribution >= 0.6 is 0 Å². The quantitative estimate of drug-likeness (QED) is 0.709. The van der Waals surface area contributed by atoms with Gasteiger partial charge in [0, 0.05) is 12.6 Å². The van der Waals surface area contributed by atoms with Crippen molar-refractivity contribution in [1.82, 2.24) is 0 Å². The highest BCUT2D eigenvalue weighted by Gasteiger charge is 2.02. The summed E-state index contributed by atoms with van der Waals surface area (Å²) in [6.45, 7) is 3.32. The molecule has 1 amide bonds. The van der Waals surface area contributed by atoms with Crippen LogP contribution in [0.4, 0.5) is 5.69 Å². The van der Waals surface area contributed by atoms with Gasteiger partial charge in [0.05, 0.1) is 6.04 Å². The molecule has 4 heteroatoms. The van der Waals surface area contributed by atoms with Gasteiger partial charge in [0.25, 0.3) is 0 Å². The topological polar surface area (TPSA) is 65.3 Å². The summed E-state index contributed by atoms with van der Waals surface area (Å²) < 4.78 is 0. The molecule has 4 nitrogen and oxygen atoms in total. The molecule has 0 saturated heterocycles. The van der Waals surface area contributed by atoms with Crippen LogP contribution in [0.25, 0.3) is 0 Å². The standard InChI is InChI=1S/C10H13N3O/c1-7(13-11)9-3-5-10(6-4-9)12-8(2)14/h3-7,11H,1-2H3,(H,12,14). The van der Waals surface area contributed by atoms with Crippen LogP contribution < -0.4 is 5.32 Å². The lowest BCUT2D eigenvalue weighted by Crippen LogP contribution is -2.05. The summed E-state index contributed by atoms with van der Waals surface area (Å²) >= 11 is 0. The zero-order valence-electron chi connectivity index (χ0n) is 8.24. The highest BCUT2D eigenvalue weighted by Crippen LogP contribution is 2.18. The van der Waals surface area contributed by atoms with Gasteiger partial charge in [0.15, 0.2) is 0 Å². The fraction of sp³-hybridized carbons (Fsp3) is 0.300. The van der Waals surface area contributed by atoms with E-state index in [2.05, 4.69) is 10.4 Å². The summed E-state index contributed by atoms with van der Waals surface area (Å²) in [6, 6.07) is 7.19. The van der Waals surface area contributed by atoms with Crippen molar-refractivity contribution in [2.24, 2.45) is 5.11 Å². The minimum Gasteiger partial charge on any atom is -0.326 e. The molecular weight excluding hydrogens is 178 g/mol. The monoisotopic (exact) mass is 191 g/mol. The summed E-state index contributed by atoms with van der Waals surface area (Å²) in [5, 5.41) is 6.08. The van der Waals surface area contributed by atoms with E-state index in [9.17, 15) is 4.79 Å². The van der Waals surface area contributed by atoms with Crippen LogP contribution in [0.15, 0.2) is 29.4 Å². The number of nitrogens with one attached hydrogen (secondary N) is 2. The largest absolute Gasteiger partial charge is 0.326 e. The Morgan fingerprint density at radius 3 is 2.43 bits per heavy atom. The normalized spacial score (nSPS) is 11.9. The van der Waals surface area contributed by atoms with E-state index in [1.165, 1.54) is 6.92 Å². The molecule has 1 aromatic rings. The molecule has 0 radical (unpaired) electrons. The van der Waals surface area contributed by atoms with Gasteiger partial charge in [0.2, 0.25) is 5.91 Å². The van der Waals surface area contributed by atoms with E-state index in [1.54, 1.807) is 12.1 Å². The number of amides is 1. The van der Waals surface area contributed by atoms with Crippen molar-refractivity contribution in [3.8, 4) is 0 Å². The van der Waals surface area contributed by atoms with Crippen LogP contribution in [-0.4, -0.2) is 5.91 Å². The van der Waals surface area contributed by atoms with E-state index in [-0.39, 0.29) is 11.9 Å². The average molecular weight is 191 g/mol. The van der Waals surface area contributed by atoms with Gasteiger partial charge >= 0.3 is 0 Å². The zero-order chi connectivity index (χ0) is 10.6. The first-order valence-corrected chi connectivity index (χ1v) is 4.37. The Morgan fingerprint density at radius 2 is 2.00 bits per heavy atom. The lowest BCUT2D eigenvalue weighted by Gasteiger charge is -2.06. The average Bonchev–Trinajstić information content (AvgIpc) is 2.17. The Hall–Kier alpha value is -1.71. The maximum absolute atomic E-state index is 10.7. The maximum atomic E-state index is 10.7. The number of anilines is 1. The smallest absolute Gasteiger partial charge is 0.221 e. The van der Waals surface area contributed by atoms with E-state index in [0.29, 0.717) is 0 Å². The molecule has 1 aromatic carbocycles. The third-order valence-electron chi connectivity index (χ3n) is 1.91. The fourth-order valence-electron chi connectivity index (χ4n) is 1.12. The van der Waals surface area contributed by atoms with Gasteiger partial charge in [-0.2, -0.15) is 5.11 Å². The van der Waals surface area contributed by atoms with Crippen molar-refractivity contribution >= 4 is 11.6 Å². The van der Waals surface area contributed by atoms with Crippen molar-refractivity contribution in [2.75, 3.05) is 5.32 Å². The summed E-state index contributed by atoms with van der Waals surface area (Å²) in [5.41, 5.74) is 8.60. The Labute approximate surface area is 82.8 Å². The third-order valence-corrected chi connectivity index (χ3v) is 1.91. The number of rotatable bonds is 3. The molecule has 2 N–H and O–H groups in total. The second-order valence-electron chi connectivity index (χ2n) is 3.11. The molecule has 14 heavy (non-hydrogen) atoms. The van der Waals surface area contributed by atoms with Crippen molar-refractivity contribution in [3.63, 3.8) is 0 Å². The molecular formula is C10H13N3O. The minimum absolute atomic E-state index is 0.0871. The highest BCUT2D eigenvalue weighted by atomic mass is 16.1. The number of nitrogens with zero attached hydrogens (tertiary/aromatic N) is 1. The molecule has 0 aliphatic heterocycles. The lowest BCUT2D eigenvalue weighted by molar-refractivity contribution is -0.114. The number of hydrogen-bond donors (Lipinski definition) is 2. The molecule has 0 saturated carbocycles. The Kier molecular flexibility index (Phi) is 3.34. The van der Waals surface area contributed by atoms with Gasteiger partial charge in [-0.3, -0.25) is 4.79 Å². The molecule has 1 atom stereocenters. The number of carbonyl (C=O) groups is 1. The van der Waals surface area contributed by atoms with Crippen molar-refractivity contribution in [3.05, 3.63) is 29.8 Å². The molecule has 1 unspecified atom stereocenters. The first-order chi connectivity index (χ1) is 6.63. The van der Waals surface area contributed by atoms with Crippen LogP contribution in [0.5, 0.6) is 0 Å². The van der Waals surface area contributed by atoms with Crippen LogP contribution in [-0.2, 0) is 4.79 Å². The van der Waals surface area contributed by atoms with Crippen molar-refractivity contribution < 1.29 is 4.79 Å². The predicted octanol–water partition coefficient (Wildman–Crippen LogP) is 2.74. The molecule has 0 heterocycles. The van der Waals surface area contributed by atoms with Gasteiger partial charge < -0.3 is 5.32 Å². The molecule has 0 fully saturated rings. The number of hydrogen-bond acceptors (Lipinski definition) is 3. The minimum atomic E-state index is -0.124. The first-order valence-electron chi connectivity index (χ1n) is 4.37. The first kappa shape index (κ1) is 10.4. The van der Waals surface area contributed by atoms with Crippen LogP contribution in [0.3, 0.4) is 0 Å². The Balaban J connectivity index is 2.78. The number of benzene rings is 1. The van der Waals surface area contributed by atoms with Gasteiger partial charge in [-0.25, -0.2) is 5.53 Å². The molecule has 0 aliphatic carbocycles. The van der Waals surface area contributed by atoms with Crippen LogP contribution in [0, 0.1) is 5.53 Å². The van der Waals surface area contributed by atoms with E-state index in [4.69, 9.17) is 5.53 Å². The van der Waals surface area contributed by atoms with Gasteiger partial charge in [-0.15, -0.1) is 0 Å². The third kappa shape index (κ3) is 2.65. The summed E-state index contributed by atoms with van der Waals surface area (Å²) in [7, 11) is 0. The zero-order valence-corrected chi connectivity index (χ0v) is 8.24. The summed E-state index contributed by atoms with van der Waals surface area (Å²) in [4.78, 5) is 10.7.